The van der Waals surface area contributed by atoms with Crippen molar-refractivity contribution in [3.05, 3.63) is 60.2 Å². The van der Waals surface area contributed by atoms with E-state index >= 15 is 0 Å². The molecule has 0 aliphatic heterocycles. The van der Waals surface area contributed by atoms with Crippen molar-refractivity contribution in [3.63, 3.8) is 0 Å². The van der Waals surface area contributed by atoms with Crippen LogP contribution < -0.4 is 5.32 Å². The Balaban J connectivity index is 1.75. The summed E-state index contributed by atoms with van der Waals surface area (Å²) in [5.41, 5.74) is 2.98. The van der Waals surface area contributed by atoms with Crippen molar-refractivity contribution in [3.8, 4) is 0 Å². The Morgan fingerprint density at radius 1 is 1.14 bits per heavy atom. The Bertz CT molecular complexity index is 749. The van der Waals surface area contributed by atoms with Gasteiger partial charge in [-0.15, -0.1) is 0 Å². The van der Waals surface area contributed by atoms with Crippen molar-refractivity contribution in [1.29, 1.82) is 0 Å². The second-order valence-corrected chi connectivity index (χ2v) is 4.96. The van der Waals surface area contributed by atoms with Gasteiger partial charge >= 0.3 is 0 Å². The number of anilines is 1. The maximum absolute atomic E-state index is 13.1. The summed E-state index contributed by atoms with van der Waals surface area (Å²) in [4.78, 5) is 4.65. The fourth-order valence-electron chi connectivity index (χ4n) is 2.56. The van der Waals surface area contributed by atoms with Gasteiger partial charge in [0, 0.05) is 25.2 Å². The molecule has 0 radical (unpaired) electrons. The number of para-hydroxylation sites is 2. The molecule has 0 bridgehead atoms. The molecular formula is C17H18FN3. The first-order valence-electron chi connectivity index (χ1n) is 7.21. The molecule has 1 N–H and O–H groups in total. The van der Waals surface area contributed by atoms with Gasteiger partial charge in [-0.2, -0.15) is 0 Å². The number of nitrogens with one attached hydrogen (secondary N) is 1. The Morgan fingerprint density at radius 3 is 2.81 bits per heavy atom. The minimum absolute atomic E-state index is 0.220. The van der Waals surface area contributed by atoms with E-state index in [0.29, 0.717) is 0 Å². The van der Waals surface area contributed by atoms with Gasteiger partial charge in [0.05, 0.1) is 11.0 Å². The maximum Gasteiger partial charge on any atom is 0.125 e. The SMILES string of the molecule is CCc1nc2ccccc2n1CCNc1cccc(F)c1. The van der Waals surface area contributed by atoms with Crippen molar-refractivity contribution >= 4 is 16.7 Å². The molecule has 0 amide bonds. The predicted octanol–water partition coefficient (Wildman–Crippen LogP) is 3.85. The lowest BCUT2D eigenvalue weighted by atomic mass is 10.3. The van der Waals surface area contributed by atoms with E-state index in [4.69, 9.17) is 0 Å². The smallest absolute Gasteiger partial charge is 0.125 e. The Hall–Kier alpha value is -2.36. The van der Waals surface area contributed by atoms with E-state index in [2.05, 4.69) is 27.9 Å². The van der Waals surface area contributed by atoms with E-state index < -0.39 is 0 Å². The van der Waals surface area contributed by atoms with Gasteiger partial charge in [0.25, 0.3) is 0 Å². The molecule has 0 aliphatic carbocycles. The molecule has 0 saturated heterocycles. The number of rotatable bonds is 5. The normalized spacial score (nSPS) is 11.0. The van der Waals surface area contributed by atoms with E-state index in [1.807, 2.05) is 24.3 Å². The topological polar surface area (TPSA) is 29.9 Å². The molecule has 3 rings (SSSR count). The molecule has 0 atom stereocenters. The number of hydrogen-bond donors (Lipinski definition) is 1. The first-order valence-corrected chi connectivity index (χ1v) is 7.21. The van der Waals surface area contributed by atoms with E-state index in [0.717, 1.165) is 42.1 Å². The van der Waals surface area contributed by atoms with Crippen LogP contribution in [0.5, 0.6) is 0 Å². The standard InChI is InChI=1S/C17H18FN3/c1-2-17-20-15-8-3-4-9-16(15)21(17)11-10-19-14-7-5-6-13(18)12-14/h3-9,12,19H,2,10-11H2,1H3. The van der Waals surface area contributed by atoms with Gasteiger partial charge in [0.15, 0.2) is 0 Å². The first kappa shape index (κ1) is 13.6. The number of aromatic nitrogens is 2. The van der Waals surface area contributed by atoms with Crippen LogP contribution >= 0.6 is 0 Å². The highest BCUT2D eigenvalue weighted by atomic mass is 19.1. The Labute approximate surface area is 123 Å². The fraction of sp³-hybridized carbons (Fsp3) is 0.235. The van der Waals surface area contributed by atoms with Gasteiger partial charge < -0.3 is 9.88 Å². The number of aryl methyl sites for hydroxylation is 1. The average molecular weight is 283 g/mol. The zero-order chi connectivity index (χ0) is 14.7. The molecule has 3 aromatic rings. The van der Waals surface area contributed by atoms with Crippen molar-refractivity contribution < 1.29 is 4.39 Å². The lowest BCUT2D eigenvalue weighted by molar-refractivity contribution is 0.628. The molecular weight excluding hydrogens is 265 g/mol. The number of hydrogen-bond acceptors (Lipinski definition) is 2. The fourth-order valence-corrected chi connectivity index (χ4v) is 2.56. The monoisotopic (exact) mass is 283 g/mol. The number of nitrogens with zero attached hydrogens (tertiary/aromatic N) is 2. The third-order valence-electron chi connectivity index (χ3n) is 3.54. The second-order valence-electron chi connectivity index (χ2n) is 4.96. The first-order chi connectivity index (χ1) is 10.3. The molecule has 2 aromatic carbocycles. The van der Waals surface area contributed by atoms with E-state index in [9.17, 15) is 4.39 Å². The van der Waals surface area contributed by atoms with Crippen LogP contribution in [0.4, 0.5) is 10.1 Å². The summed E-state index contributed by atoms with van der Waals surface area (Å²) in [6, 6.07) is 14.7. The number of halogens is 1. The number of imidazole rings is 1. The summed E-state index contributed by atoms with van der Waals surface area (Å²) in [7, 11) is 0. The van der Waals surface area contributed by atoms with Crippen LogP contribution in [0.3, 0.4) is 0 Å². The van der Waals surface area contributed by atoms with Crippen molar-refractivity contribution in [2.75, 3.05) is 11.9 Å². The van der Waals surface area contributed by atoms with E-state index in [1.165, 1.54) is 12.1 Å². The lowest BCUT2D eigenvalue weighted by Gasteiger charge is -2.10. The van der Waals surface area contributed by atoms with Crippen LogP contribution in [0.15, 0.2) is 48.5 Å². The summed E-state index contributed by atoms with van der Waals surface area (Å²) in [5.74, 6) is 0.861. The largest absolute Gasteiger partial charge is 0.383 e. The van der Waals surface area contributed by atoms with Crippen molar-refractivity contribution in [2.45, 2.75) is 19.9 Å². The van der Waals surface area contributed by atoms with Gasteiger partial charge in [-0.1, -0.05) is 25.1 Å². The molecule has 0 spiro atoms. The molecule has 1 aromatic heterocycles. The lowest BCUT2D eigenvalue weighted by Crippen LogP contribution is -2.12. The minimum atomic E-state index is -0.220. The third-order valence-corrected chi connectivity index (χ3v) is 3.54. The molecule has 4 heteroatoms. The maximum atomic E-state index is 13.1. The summed E-state index contributed by atoms with van der Waals surface area (Å²) < 4.78 is 15.4. The second kappa shape index (κ2) is 5.95. The molecule has 1 heterocycles. The zero-order valence-corrected chi connectivity index (χ0v) is 12.0. The average Bonchev–Trinajstić information content (AvgIpc) is 2.86. The van der Waals surface area contributed by atoms with Gasteiger partial charge in [0.2, 0.25) is 0 Å². The Morgan fingerprint density at radius 2 is 2.00 bits per heavy atom. The molecule has 0 unspecified atom stereocenters. The van der Waals surface area contributed by atoms with Crippen LogP contribution in [0.1, 0.15) is 12.7 Å². The highest BCUT2D eigenvalue weighted by Crippen LogP contribution is 2.16. The third kappa shape index (κ3) is 2.89. The van der Waals surface area contributed by atoms with Crippen molar-refractivity contribution in [1.82, 2.24) is 9.55 Å². The number of fused-ring (bicyclic) bond motifs is 1. The van der Waals surface area contributed by atoms with Gasteiger partial charge in [-0.25, -0.2) is 9.37 Å². The van der Waals surface area contributed by atoms with E-state index in [-0.39, 0.29) is 5.82 Å². The van der Waals surface area contributed by atoms with Crippen LogP contribution in [0.25, 0.3) is 11.0 Å². The summed E-state index contributed by atoms with van der Waals surface area (Å²) >= 11 is 0. The molecule has 21 heavy (non-hydrogen) atoms. The molecule has 0 saturated carbocycles. The summed E-state index contributed by atoms with van der Waals surface area (Å²) in [6.45, 7) is 3.65. The van der Waals surface area contributed by atoms with Crippen LogP contribution in [0.2, 0.25) is 0 Å². The van der Waals surface area contributed by atoms with Crippen molar-refractivity contribution in [2.24, 2.45) is 0 Å². The highest BCUT2D eigenvalue weighted by molar-refractivity contribution is 5.75. The van der Waals surface area contributed by atoms with Crippen LogP contribution in [0, 0.1) is 5.82 Å². The highest BCUT2D eigenvalue weighted by Gasteiger charge is 2.08. The Kier molecular flexibility index (Phi) is 3.86. The molecule has 0 aliphatic rings. The van der Waals surface area contributed by atoms with Crippen LogP contribution in [-0.2, 0) is 13.0 Å². The summed E-state index contributed by atoms with van der Waals surface area (Å²) in [5, 5.41) is 3.25. The molecule has 108 valence electrons. The minimum Gasteiger partial charge on any atom is -0.383 e. The summed E-state index contributed by atoms with van der Waals surface area (Å²) in [6.07, 6.45) is 0.897. The van der Waals surface area contributed by atoms with E-state index in [1.54, 1.807) is 6.07 Å². The quantitative estimate of drug-likeness (QED) is 0.770. The van der Waals surface area contributed by atoms with Crippen LogP contribution in [-0.4, -0.2) is 16.1 Å². The predicted molar refractivity (Wildman–Crippen MR) is 84.0 cm³/mol. The molecule has 0 fully saturated rings. The number of benzene rings is 2. The van der Waals surface area contributed by atoms with Gasteiger partial charge in [-0.05, 0) is 30.3 Å². The van der Waals surface area contributed by atoms with Gasteiger partial charge in [0.1, 0.15) is 11.6 Å². The van der Waals surface area contributed by atoms with Gasteiger partial charge in [-0.3, -0.25) is 0 Å². The zero-order valence-electron chi connectivity index (χ0n) is 12.0. The molecule has 3 nitrogen and oxygen atoms in total.